The summed E-state index contributed by atoms with van der Waals surface area (Å²) >= 11 is 15.7. The van der Waals surface area contributed by atoms with E-state index in [9.17, 15) is 13.2 Å². The van der Waals surface area contributed by atoms with E-state index in [4.69, 9.17) is 42.1 Å². The van der Waals surface area contributed by atoms with Crippen molar-refractivity contribution >= 4 is 67.0 Å². The lowest BCUT2D eigenvalue weighted by atomic mass is 10.2. The van der Waals surface area contributed by atoms with E-state index >= 15 is 0 Å². The summed E-state index contributed by atoms with van der Waals surface area (Å²) in [7, 11) is 0.227. The van der Waals surface area contributed by atoms with Crippen molar-refractivity contribution in [2.24, 2.45) is 5.10 Å². The molecule has 10 nitrogen and oxygen atoms in total. The molecule has 0 radical (unpaired) electrons. The number of ether oxygens (including phenoxy) is 4. The number of anilines is 1. The van der Waals surface area contributed by atoms with Crippen molar-refractivity contribution in [3.8, 4) is 23.0 Å². The Hall–Kier alpha value is -3.97. The van der Waals surface area contributed by atoms with Crippen LogP contribution in [-0.4, -0.2) is 48.4 Å². The quantitative estimate of drug-likeness (QED) is 0.115. The van der Waals surface area contributed by atoms with Crippen LogP contribution in [0, 0.1) is 6.92 Å². The molecule has 0 aliphatic heterocycles. The fraction of sp³-hybridized carbons (Fsp3) is 0.188. The van der Waals surface area contributed by atoms with E-state index in [1.165, 1.54) is 51.8 Å². The molecule has 4 aromatic rings. The average Bonchev–Trinajstić information content (AvgIpc) is 3.03. The summed E-state index contributed by atoms with van der Waals surface area (Å²) in [5.74, 6) is 0.843. The minimum absolute atomic E-state index is 0.0155. The number of carbonyl (C=O) groups excluding carboxylic acids is 1. The van der Waals surface area contributed by atoms with Crippen molar-refractivity contribution in [3.63, 3.8) is 0 Å². The van der Waals surface area contributed by atoms with Gasteiger partial charge in [-0.15, -0.1) is 0 Å². The molecule has 0 heterocycles. The fourth-order valence-corrected chi connectivity index (χ4v) is 6.67. The third-order valence-electron chi connectivity index (χ3n) is 6.59. The fourth-order valence-electron chi connectivity index (χ4n) is 4.22. The van der Waals surface area contributed by atoms with Gasteiger partial charge in [-0.3, -0.25) is 9.10 Å². The molecule has 0 bridgehead atoms. The number of hydrazone groups is 1. The normalized spacial score (nSPS) is 11.3. The summed E-state index contributed by atoms with van der Waals surface area (Å²) in [4.78, 5) is 13.1. The van der Waals surface area contributed by atoms with Crippen LogP contribution in [0.2, 0.25) is 10.0 Å². The van der Waals surface area contributed by atoms with Gasteiger partial charge in [0.1, 0.15) is 13.2 Å². The molecular weight excluding hydrogens is 721 g/mol. The number of sulfonamides is 1. The molecule has 0 atom stereocenters. The first-order chi connectivity index (χ1) is 22.0. The van der Waals surface area contributed by atoms with E-state index < -0.39 is 22.5 Å². The number of amides is 1. The first-order valence-corrected chi connectivity index (χ1v) is 16.5. The lowest BCUT2D eigenvalue weighted by Gasteiger charge is -2.24. The number of methoxy groups -OCH3 is 3. The molecule has 0 aliphatic carbocycles. The molecule has 0 aliphatic rings. The minimum Gasteiger partial charge on any atom is -0.493 e. The van der Waals surface area contributed by atoms with E-state index in [-0.39, 0.29) is 17.2 Å². The second kappa shape index (κ2) is 15.5. The Bertz CT molecular complexity index is 1860. The molecule has 4 rings (SSSR count). The zero-order valence-electron chi connectivity index (χ0n) is 25.2. The molecule has 0 saturated carbocycles. The maximum atomic E-state index is 13.7. The Morgan fingerprint density at radius 2 is 1.61 bits per heavy atom. The van der Waals surface area contributed by atoms with Gasteiger partial charge < -0.3 is 18.9 Å². The average molecular weight is 751 g/mol. The highest BCUT2D eigenvalue weighted by Gasteiger charge is 2.28. The number of rotatable bonds is 13. The summed E-state index contributed by atoms with van der Waals surface area (Å²) in [6, 6.07) is 19.4. The molecule has 1 amide bonds. The number of carbonyl (C=O) groups is 1. The van der Waals surface area contributed by atoms with E-state index in [0.717, 1.165) is 15.4 Å². The molecule has 242 valence electrons. The van der Waals surface area contributed by atoms with Gasteiger partial charge >= 0.3 is 0 Å². The maximum absolute atomic E-state index is 13.7. The zero-order chi connectivity index (χ0) is 33.4. The maximum Gasteiger partial charge on any atom is 0.264 e. The Morgan fingerprint density at radius 1 is 0.913 bits per heavy atom. The van der Waals surface area contributed by atoms with Crippen molar-refractivity contribution in [1.82, 2.24) is 5.43 Å². The minimum atomic E-state index is -4.16. The smallest absolute Gasteiger partial charge is 0.264 e. The van der Waals surface area contributed by atoms with E-state index in [0.29, 0.717) is 43.1 Å². The lowest BCUT2D eigenvalue weighted by molar-refractivity contribution is -0.119. The second-order valence-electron chi connectivity index (χ2n) is 9.72. The molecule has 14 heteroatoms. The molecule has 46 heavy (non-hydrogen) atoms. The Balaban J connectivity index is 1.53. The predicted molar refractivity (Wildman–Crippen MR) is 182 cm³/mol. The van der Waals surface area contributed by atoms with E-state index in [1.54, 1.807) is 48.5 Å². The second-order valence-corrected chi connectivity index (χ2v) is 13.3. The van der Waals surface area contributed by atoms with Crippen LogP contribution < -0.4 is 28.7 Å². The highest BCUT2D eigenvalue weighted by molar-refractivity contribution is 9.10. The van der Waals surface area contributed by atoms with E-state index in [1.807, 2.05) is 6.92 Å². The first kappa shape index (κ1) is 34.9. The predicted octanol–water partition coefficient (Wildman–Crippen LogP) is 7.01. The number of nitrogens with one attached hydrogen (secondary N) is 1. The van der Waals surface area contributed by atoms with Crippen molar-refractivity contribution < 1.29 is 32.2 Å². The highest BCUT2D eigenvalue weighted by Crippen LogP contribution is 2.38. The third-order valence-corrected chi connectivity index (χ3v) is 9.56. The van der Waals surface area contributed by atoms with E-state index in [2.05, 4.69) is 26.5 Å². The zero-order valence-corrected chi connectivity index (χ0v) is 29.1. The number of benzene rings is 4. The molecule has 1 N–H and O–H groups in total. The number of aryl methyl sites for hydroxylation is 1. The van der Waals surface area contributed by atoms with Gasteiger partial charge in [-0.1, -0.05) is 47.0 Å². The first-order valence-electron chi connectivity index (χ1n) is 13.5. The molecule has 0 spiro atoms. The van der Waals surface area contributed by atoms with Crippen LogP contribution >= 0.6 is 39.1 Å². The highest BCUT2D eigenvalue weighted by atomic mass is 79.9. The number of halogens is 3. The lowest BCUT2D eigenvalue weighted by Crippen LogP contribution is -2.39. The van der Waals surface area contributed by atoms with Gasteiger partial charge in [0.2, 0.25) is 0 Å². The summed E-state index contributed by atoms with van der Waals surface area (Å²) in [5, 5.41) is 5.03. The molecule has 0 saturated heterocycles. The van der Waals surface area contributed by atoms with Gasteiger partial charge in [0.25, 0.3) is 15.9 Å². The van der Waals surface area contributed by atoms with Gasteiger partial charge in [-0.05, 0) is 76.9 Å². The SMILES string of the molecule is COc1ccc(N(CC(=O)N/N=C\c2cc(Br)c(OCc3ccc(Cl)cc3Cl)c(OC)c2)S(=O)(=O)c2ccc(C)cc2)cc1OC. The summed E-state index contributed by atoms with van der Waals surface area (Å²) in [6.07, 6.45) is 1.39. The van der Waals surface area contributed by atoms with Crippen LogP contribution in [0.25, 0.3) is 0 Å². The monoisotopic (exact) mass is 749 g/mol. The van der Waals surface area contributed by atoms with Crippen molar-refractivity contribution in [2.75, 3.05) is 32.2 Å². The summed E-state index contributed by atoms with van der Waals surface area (Å²) in [6.45, 7) is 1.44. The van der Waals surface area contributed by atoms with Gasteiger partial charge in [0.15, 0.2) is 23.0 Å². The van der Waals surface area contributed by atoms with Gasteiger partial charge in [-0.2, -0.15) is 5.10 Å². The Labute approximate surface area is 286 Å². The molecule has 4 aromatic carbocycles. The topological polar surface area (TPSA) is 116 Å². The van der Waals surface area contributed by atoms with Crippen LogP contribution in [0.5, 0.6) is 23.0 Å². The summed E-state index contributed by atoms with van der Waals surface area (Å²) < 4.78 is 51.1. The number of hydrogen-bond donors (Lipinski definition) is 1. The van der Waals surface area contributed by atoms with Crippen LogP contribution in [-0.2, 0) is 21.4 Å². The molecule has 0 aromatic heterocycles. The molecular formula is C32H30BrCl2N3O7S. The van der Waals surface area contributed by atoms with Crippen molar-refractivity contribution in [2.45, 2.75) is 18.4 Å². The van der Waals surface area contributed by atoms with Crippen LogP contribution in [0.3, 0.4) is 0 Å². The summed E-state index contributed by atoms with van der Waals surface area (Å²) in [5.41, 5.74) is 4.78. The number of nitrogens with zero attached hydrogens (tertiary/aromatic N) is 2. The Morgan fingerprint density at radius 3 is 2.26 bits per heavy atom. The van der Waals surface area contributed by atoms with Crippen LogP contribution in [0.15, 0.2) is 87.3 Å². The third kappa shape index (κ3) is 8.43. The van der Waals surface area contributed by atoms with Crippen molar-refractivity contribution in [3.05, 3.63) is 104 Å². The standard InChI is InChI=1S/C32H30BrCl2N3O7S/c1-20-5-10-25(11-6-20)46(40,41)38(24-9-12-28(42-2)29(16-24)43-3)18-31(39)37-36-17-21-13-26(33)32(30(14-21)44-4)45-19-22-7-8-23(34)15-27(22)35/h5-17H,18-19H2,1-4H3,(H,37,39)/b36-17-. The Kier molecular flexibility index (Phi) is 11.8. The van der Waals surface area contributed by atoms with Gasteiger partial charge in [-0.25, -0.2) is 13.8 Å². The molecule has 0 fully saturated rings. The van der Waals surface area contributed by atoms with Crippen LogP contribution in [0.1, 0.15) is 16.7 Å². The van der Waals surface area contributed by atoms with Crippen molar-refractivity contribution in [1.29, 1.82) is 0 Å². The largest absolute Gasteiger partial charge is 0.493 e. The van der Waals surface area contributed by atoms with Gasteiger partial charge in [0, 0.05) is 21.7 Å². The molecule has 0 unspecified atom stereocenters. The van der Waals surface area contributed by atoms with Gasteiger partial charge in [0.05, 0.1) is 42.6 Å². The van der Waals surface area contributed by atoms with Crippen LogP contribution in [0.4, 0.5) is 5.69 Å². The number of hydrogen-bond acceptors (Lipinski definition) is 8.